The SMILES string of the molecule is CC(O)CNCCNCc1ccc(-c2ccc(Cl)cc2Cl)o1. The van der Waals surface area contributed by atoms with Gasteiger partial charge in [-0.1, -0.05) is 23.2 Å². The Balaban J connectivity index is 1.81. The van der Waals surface area contributed by atoms with Crippen molar-refractivity contribution in [2.75, 3.05) is 19.6 Å². The Morgan fingerprint density at radius 2 is 1.91 bits per heavy atom. The highest BCUT2D eigenvalue weighted by atomic mass is 35.5. The molecular formula is C16H20Cl2N2O2. The molecule has 4 nitrogen and oxygen atoms in total. The van der Waals surface area contributed by atoms with Crippen molar-refractivity contribution in [3.63, 3.8) is 0 Å². The van der Waals surface area contributed by atoms with E-state index in [2.05, 4.69) is 10.6 Å². The van der Waals surface area contributed by atoms with Crippen molar-refractivity contribution in [1.29, 1.82) is 0 Å². The van der Waals surface area contributed by atoms with Gasteiger partial charge in [-0.3, -0.25) is 0 Å². The summed E-state index contributed by atoms with van der Waals surface area (Å²) in [5.74, 6) is 1.57. The number of aliphatic hydroxyl groups is 1. The van der Waals surface area contributed by atoms with Crippen LogP contribution in [0.5, 0.6) is 0 Å². The zero-order valence-electron chi connectivity index (χ0n) is 12.4. The van der Waals surface area contributed by atoms with Crippen molar-refractivity contribution in [1.82, 2.24) is 10.6 Å². The molecule has 1 unspecified atom stereocenters. The van der Waals surface area contributed by atoms with Gasteiger partial charge >= 0.3 is 0 Å². The van der Waals surface area contributed by atoms with Gasteiger partial charge in [0.1, 0.15) is 11.5 Å². The first-order valence-electron chi connectivity index (χ1n) is 7.20. The van der Waals surface area contributed by atoms with E-state index in [4.69, 9.17) is 32.7 Å². The van der Waals surface area contributed by atoms with Crippen LogP contribution in [0.3, 0.4) is 0 Å². The molecule has 0 aliphatic carbocycles. The Morgan fingerprint density at radius 3 is 2.64 bits per heavy atom. The van der Waals surface area contributed by atoms with Crippen LogP contribution in [-0.2, 0) is 6.54 Å². The minimum Gasteiger partial charge on any atom is -0.460 e. The molecule has 1 aromatic heterocycles. The zero-order chi connectivity index (χ0) is 15.9. The van der Waals surface area contributed by atoms with Crippen molar-refractivity contribution in [2.24, 2.45) is 0 Å². The highest BCUT2D eigenvalue weighted by molar-refractivity contribution is 6.36. The largest absolute Gasteiger partial charge is 0.460 e. The van der Waals surface area contributed by atoms with Crippen LogP contribution in [0.25, 0.3) is 11.3 Å². The summed E-state index contributed by atoms with van der Waals surface area (Å²) in [7, 11) is 0. The third-order valence-corrected chi connectivity index (χ3v) is 3.62. The van der Waals surface area contributed by atoms with Crippen molar-refractivity contribution in [3.8, 4) is 11.3 Å². The van der Waals surface area contributed by atoms with Gasteiger partial charge in [-0.2, -0.15) is 0 Å². The smallest absolute Gasteiger partial charge is 0.135 e. The number of aliphatic hydroxyl groups excluding tert-OH is 1. The van der Waals surface area contributed by atoms with E-state index in [0.717, 1.165) is 30.2 Å². The number of hydrogen-bond donors (Lipinski definition) is 3. The second kappa shape index (κ2) is 8.56. The third kappa shape index (κ3) is 5.30. The summed E-state index contributed by atoms with van der Waals surface area (Å²) in [6.45, 7) is 4.59. The third-order valence-electron chi connectivity index (χ3n) is 3.08. The van der Waals surface area contributed by atoms with Crippen LogP contribution in [0.15, 0.2) is 34.7 Å². The van der Waals surface area contributed by atoms with Crippen LogP contribution >= 0.6 is 23.2 Å². The number of hydrogen-bond acceptors (Lipinski definition) is 4. The van der Waals surface area contributed by atoms with Gasteiger partial charge in [0.2, 0.25) is 0 Å². The van der Waals surface area contributed by atoms with Crippen molar-refractivity contribution in [3.05, 3.63) is 46.1 Å². The molecule has 120 valence electrons. The highest BCUT2D eigenvalue weighted by Gasteiger charge is 2.09. The summed E-state index contributed by atoms with van der Waals surface area (Å²) < 4.78 is 5.78. The maximum absolute atomic E-state index is 9.12. The van der Waals surface area contributed by atoms with Gasteiger partial charge in [-0.25, -0.2) is 0 Å². The molecule has 3 N–H and O–H groups in total. The van der Waals surface area contributed by atoms with Crippen LogP contribution in [0, 0.1) is 0 Å². The monoisotopic (exact) mass is 342 g/mol. The highest BCUT2D eigenvalue weighted by Crippen LogP contribution is 2.31. The summed E-state index contributed by atoms with van der Waals surface area (Å²) in [6.07, 6.45) is -0.322. The predicted octanol–water partition coefficient (Wildman–Crippen LogP) is 3.31. The summed E-state index contributed by atoms with van der Waals surface area (Å²) in [6, 6.07) is 9.17. The molecule has 0 aliphatic rings. The Labute approximate surface area is 140 Å². The number of rotatable bonds is 8. The minimum absolute atomic E-state index is 0.322. The van der Waals surface area contributed by atoms with Gasteiger partial charge in [0.25, 0.3) is 0 Å². The lowest BCUT2D eigenvalue weighted by Crippen LogP contribution is -2.31. The number of benzene rings is 1. The minimum atomic E-state index is -0.322. The Bertz CT molecular complexity index is 600. The normalized spacial score (nSPS) is 12.5. The lowest BCUT2D eigenvalue weighted by molar-refractivity contribution is 0.191. The van der Waals surface area contributed by atoms with Gasteiger partial charge in [0, 0.05) is 30.2 Å². The Kier molecular flexibility index (Phi) is 6.73. The van der Waals surface area contributed by atoms with E-state index in [1.165, 1.54) is 0 Å². The first-order chi connectivity index (χ1) is 10.6. The lowest BCUT2D eigenvalue weighted by Gasteiger charge is -2.07. The average molecular weight is 343 g/mol. The standard InChI is InChI=1S/C16H20Cl2N2O2/c1-11(21)9-19-6-7-20-10-13-3-5-16(22-13)14-4-2-12(17)8-15(14)18/h2-5,8,11,19-21H,6-7,9-10H2,1H3. The first kappa shape index (κ1) is 17.3. The molecule has 0 bridgehead atoms. The molecule has 1 aromatic carbocycles. The molecule has 0 amide bonds. The van der Waals surface area contributed by atoms with Crippen molar-refractivity contribution in [2.45, 2.75) is 19.6 Å². The molecule has 0 radical (unpaired) electrons. The van der Waals surface area contributed by atoms with E-state index in [1.807, 2.05) is 18.2 Å². The van der Waals surface area contributed by atoms with E-state index in [9.17, 15) is 0 Å². The quantitative estimate of drug-likeness (QED) is 0.644. The molecule has 0 spiro atoms. The number of halogens is 2. The van der Waals surface area contributed by atoms with Crippen LogP contribution in [-0.4, -0.2) is 30.8 Å². The molecule has 2 aromatic rings. The number of nitrogens with one attached hydrogen (secondary N) is 2. The lowest BCUT2D eigenvalue weighted by atomic mass is 10.2. The molecule has 6 heteroatoms. The fourth-order valence-electron chi connectivity index (χ4n) is 2.01. The molecule has 0 aliphatic heterocycles. The van der Waals surface area contributed by atoms with Gasteiger partial charge < -0.3 is 20.2 Å². The fraction of sp³-hybridized carbons (Fsp3) is 0.375. The van der Waals surface area contributed by atoms with E-state index >= 15 is 0 Å². The van der Waals surface area contributed by atoms with Crippen LogP contribution < -0.4 is 10.6 Å². The molecule has 0 fully saturated rings. The molecule has 0 saturated heterocycles. The molecule has 22 heavy (non-hydrogen) atoms. The van der Waals surface area contributed by atoms with Gasteiger partial charge in [-0.15, -0.1) is 0 Å². The topological polar surface area (TPSA) is 57.4 Å². The van der Waals surface area contributed by atoms with Gasteiger partial charge in [0.15, 0.2) is 0 Å². The molecule has 1 heterocycles. The van der Waals surface area contributed by atoms with E-state index in [1.54, 1.807) is 19.1 Å². The summed E-state index contributed by atoms with van der Waals surface area (Å²) >= 11 is 12.1. The fourth-order valence-corrected chi connectivity index (χ4v) is 2.51. The van der Waals surface area contributed by atoms with Gasteiger partial charge in [-0.05, 0) is 37.3 Å². The molecule has 2 rings (SSSR count). The molecule has 0 saturated carbocycles. The maximum atomic E-state index is 9.12. The predicted molar refractivity (Wildman–Crippen MR) is 90.4 cm³/mol. The van der Waals surface area contributed by atoms with Gasteiger partial charge in [0.05, 0.1) is 17.7 Å². The summed E-state index contributed by atoms with van der Waals surface area (Å²) in [4.78, 5) is 0. The summed E-state index contributed by atoms with van der Waals surface area (Å²) in [5.41, 5.74) is 0.830. The summed E-state index contributed by atoms with van der Waals surface area (Å²) in [5, 5.41) is 16.7. The Hall–Kier alpha value is -1.04. The van der Waals surface area contributed by atoms with Crippen LogP contribution in [0.4, 0.5) is 0 Å². The Morgan fingerprint density at radius 1 is 1.14 bits per heavy atom. The van der Waals surface area contributed by atoms with Crippen molar-refractivity contribution < 1.29 is 9.52 Å². The van der Waals surface area contributed by atoms with Crippen molar-refractivity contribution >= 4 is 23.2 Å². The van der Waals surface area contributed by atoms with Crippen LogP contribution in [0.1, 0.15) is 12.7 Å². The molecule has 1 atom stereocenters. The van der Waals surface area contributed by atoms with E-state index < -0.39 is 0 Å². The maximum Gasteiger partial charge on any atom is 0.135 e. The second-order valence-electron chi connectivity index (χ2n) is 5.12. The van der Waals surface area contributed by atoms with E-state index in [0.29, 0.717) is 23.1 Å². The first-order valence-corrected chi connectivity index (χ1v) is 7.95. The average Bonchev–Trinajstić information content (AvgIpc) is 2.91. The van der Waals surface area contributed by atoms with Crippen LogP contribution in [0.2, 0.25) is 10.0 Å². The number of furan rings is 1. The van der Waals surface area contributed by atoms with E-state index in [-0.39, 0.29) is 6.10 Å². The second-order valence-corrected chi connectivity index (χ2v) is 5.96. The molecular weight excluding hydrogens is 323 g/mol. The zero-order valence-corrected chi connectivity index (χ0v) is 13.9.